The number of aromatic nitrogens is 3. The minimum absolute atomic E-state index is 0.0476. The van der Waals surface area contributed by atoms with Gasteiger partial charge in [0.15, 0.2) is 6.10 Å². The maximum absolute atomic E-state index is 13.3. The Morgan fingerprint density at radius 3 is 2.74 bits per heavy atom. The van der Waals surface area contributed by atoms with Crippen LogP contribution in [0.5, 0.6) is 0 Å². The third-order valence-corrected chi connectivity index (χ3v) is 5.50. The van der Waals surface area contributed by atoms with Crippen LogP contribution in [0.3, 0.4) is 0 Å². The van der Waals surface area contributed by atoms with Crippen LogP contribution in [0.1, 0.15) is 39.4 Å². The van der Waals surface area contributed by atoms with Crippen molar-refractivity contribution in [3.63, 3.8) is 0 Å². The molecular weight excluding hydrogens is 392 g/mol. The van der Waals surface area contributed by atoms with Crippen LogP contribution in [0.25, 0.3) is 11.4 Å². The molecule has 5 rings (SSSR count). The van der Waals surface area contributed by atoms with Gasteiger partial charge in [-0.2, -0.15) is 0 Å². The molecule has 1 N–H and O–H groups in total. The lowest BCUT2D eigenvalue weighted by molar-refractivity contribution is 0.0727. The van der Waals surface area contributed by atoms with E-state index in [4.69, 9.17) is 14.1 Å². The van der Waals surface area contributed by atoms with Crippen molar-refractivity contribution in [3.8, 4) is 11.4 Å². The summed E-state index contributed by atoms with van der Waals surface area (Å²) in [5, 5.41) is 0. The Bertz CT molecular complexity index is 1180. The summed E-state index contributed by atoms with van der Waals surface area (Å²) in [6.07, 6.45) is 3.66. The van der Waals surface area contributed by atoms with Gasteiger partial charge < -0.3 is 19.0 Å². The molecule has 0 radical (unpaired) electrons. The standard InChI is InChI=1S/C24H22N4O3/c1-30-21(16-7-3-2-4-8-16)23-27-19-15-28(14-11-20(19)31-23)24(29)18-10-6-5-9-17(18)22-25-12-13-26-22/h2-10,12-13,21H,11,14-15H2,1H3,(H,25,26). The Labute approximate surface area is 179 Å². The predicted octanol–water partition coefficient (Wildman–Crippen LogP) is 4.00. The molecule has 0 fully saturated rings. The third kappa shape index (κ3) is 3.64. The van der Waals surface area contributed by atoms with Gasteiger partial charge in [0, 0.05) is 38.0 Å². The molecule has 7 nitrogen and oxygen atoms in total. The van der Waals surface area contributed by atoms with Crippen LogP contribution in [0.2, 0.25) is 0 Å². The number of rotatable bonds is 5. The van der Waals surface area contributed by atoms with Gasteiger partial charge in [-0.15, -0.1) is 0 Å². The number of fused-ring (bicyclic) bond motifs is 1. The number of ether oxygens (including phenoxy) is 1. The van der Waals surface area contributed by atoms with Gasteiger partial charge in [-0.3, -0.25) is 4.79 Å². The molecule has 1 aliphatic heterocycles. The van der Waals surface area contributed by atoms with Crippen LogP contribution in [-0.4, -0.2) is 39.4 Å². The van der Waals surface area contributed by atoms with E-state index in [1.165, 1.54) is 0 Å². The van der Waals surface area contributed by atoms with E-state index < -0.39 is 0 Å². The monoisotopic (exact) mass is 414 g/mol. The molecule has 4 aromatic rings. The Balaban J connectivity index is 1.40. The molecule has 1 unspecified atom stereocenters. The number of amides is 1. The lowest BCUT2D eigenvalue weighted by Gasteiger charge is -2.26. The molecule has 1 atom stereocenters. The van der Waals surface area contributed by atoms with Gasteiger partial charge >= 0.3 is 0 Å². The minimum atomic E-state index is -0.379. The molecule has 1 aliphatic rings. The van der Waals surface area contributed by atoms with Crippen molar-refractivity contribution in [2.45, 2.75) is 19.1 Å². The summed E-state index contributed by atoms with van der Waals surface area (Å²) >= 11 is 0. The number of methoxy groups -OCH3 is 1. The van der Waals surface area contributed by atoms with Gasteiger partial charge in [-0.1, -0.05) is 48.5 Å². The summed E-state index contributed by atoms with van der Waals surface area (Å²) < 4.78 is 11.7. The molecule has 31 heavy (non-hydrogen) atoms. The highest BCUT2D eigenvalue weighted by Crippen LogP contribution is 2.30. The number of carbonyl (C=O) groups excluding carboxylic acids is 1. The van der Waals surface area contributed by atoms with Crippen molar-refractivity contribution < 1.29 is 13.9 Å². The fourth-order valence-corrected chi connectivity index (χ4v) is 3.97. The van der Waals surface area contributed by atoms with Crippen LogP contribution < -0.4 is 0 Å². The normalized spacial score (nSPS) is 14.3. The molecule has 0 bridgehead atoms. The topological polar surface area (TPSA) is 84.2 Å². The number of imidazole rings is 1. The first-order valence-corrected chi connectivity index (χ1v) is 10.2. The number of nitrogens with zero attached hydrogens (tertiary/aromatic N) is 3. The summed E-state index contributed by atoms with van der Waals surface area (Å²) in [4.78, 5) is 27.2. The smallest absolute Gasteiger partial charge is 0.254 e. The first-order valence-electron chi connectivity index (χ1n) is 10.2. The minimum Gasteiger partial charge on any atom is -0.442 e. The highest BCUT2D eigenvalue weighted by atomic mass is 16.5. The zero-order valence-corrected chi connectivity index (χ0v) is 17.1. The molecule has 3 heterocycles. The molecule has 156 valence electrons. The lowest BCUT2D eigenvalue weighted by Crippen LogP contribution is -2.36. The largest absolute Gasteiger partial charge is 0.442 e. The molecule has 0 spiro atoms. The fraction of sp³-hybridized carbons (Fsp3) is 0.208. The van der Waals surface area contributed by atoms with Crippen LogP contribution in [0.15, 0.2) is 71.4 Å². The summed E-state index contributed by atoms with van der Waals surface area (Å²) in [5.74, 6) is 1.96. The summed E-state index contributed by atoms with van der Waals surface area (Å²) in [7, 11) is 1.64. The first kappa shape index (κ1) is 19.3. The predicted molar refractivity (Wildman–Crippen MR) is 114 cm³/mol. The van der Waals surface area contributed by atoms with Gasteiger partial charge in [0.2, 0.25) is 5.89 Å². The van der Waals surface area contributed by atoms with E-state index in [9.17, 15) is 4.79 Å². The number of H-pyrrole nitrogens is 1. The van der Waals surface area contributed by atoms with E-state index >= 15 is 0 Å². The van der Waals surface area contributed by atoms with Crippen LogP contribution in [-0.2, 0) is 17.7 Å². The average molecular weight is 414 g/mol. The highest BCUT2D eigenvalue weighted by Gasteiger charge is 2.30. The SMILES string of the molecule is COC(c1ccccc1)c1nc2c(o1)CCN(C(=O)c1ccccc1-c1ncc[nH]1)C2. The third-order valence-electron chi connectivity index (χ3n) is 5.50. The Hall–Kier alpha value is -3.71. The van der Waals surface area contributed by atoms with Crippen molar-refractivity contribution in [1.29, 1.82) is 0 Å². The van der Waals surface area contributed by atoms with Gasteiger partial charge in [0.05, 0.1) is 12.1 Å². The van der Waals surface area contributed by atoms with E-state index in [2.05, 4.69) is 9.97 Å². The second-order valence-corrected chi connectivity index (χ2v) is 7.41. The zero-order valence-electron chi connectivity index (χ0n) is 17.1. The van der Waals surface area contributed by atoms with E-state index in [-0.39, 0.29) is 12.0 Å². The maximum Gasteiger partial charge on any atom is 0.254 e. The van der Waals surface area contributed by atoms with Crippen molar-refractivity contribution in [1.82, 2.24) is 19.9 Å². The number of benzene rings is 2. The Kier molecular flexibility index (Phi) is 5.09. The number of aromatic amines is 1. The van der Waals surface area contributed by atoms with Gasteiger partial charge in [0.1, 0.15) is 17.3 Å². The van der Waals surface area contributed by atoms with E-state index in [0.29, 0.717) is 36.8 Å². The van der Waals surface area contributed by atoms with Crippen LogP contribution >= 0.6 is 0 Å². The molecule has 2 aromatic carbocycles. The molecule has 2 aromatic heterocycles. The van der Waals surface area contributed by atoms with E-state index in [0.717, 1.165) is 22.6 Å². The summed E-state index contributed by atoms with van der Waals surface area (Å²) in [6, 6.07) is 17.4. The highest BCUT2D eigenvalue weighted by molar-refractivity contribution is 6.00. The second kappa shape index (κ2) is 8.20. The summed E-state index contributed by atoms with van der Waals surface area (Å²) in [5.41, 5.74) is 3.16. The van der Waals surface area contributed by atoms with Crippen molar-refractivity contribution >= 4 is 5.91 Å². The van der Waals surface area contributed by atoms with Crippen molar-refractivity contribution in [2.24, 2.45) is 0 Å². The molecule has 0 aliphatic carbocycles. The second-order valence-electron chi connectivity index (χ2n) is 7.41. The van der Waals surface area contributed by atoms with E-state index in [1.807, 2.05) is 54.6 Å². The molecule has 1 amide bonds. The Morgan fingerprint density at radius 1 is 1.16 bits per heavy atom. The summed E-state index contributed by atoms with van der Waals surface area (Å²) in [6.45, 7) is 0.964. The van der Waals surface area contributed by atoms with Crippen molar-refractivity contribution in [3.05, 3.63) is 95.5 Å². The lowest BCUT2D eigenvalue weighted by atomic mass is 10.0. The first-order chi connectivity index (χ1) is 15.2. The average Bonchev–Trinajstić information content (AvgIpc) is 3.49. The van der Waals surface area contributed by atoms with Crippen LogP contribution in [0, 0.1) is 0 Å². The number of carbonyl (C=O) groups is 1. The number of oxazole rings is 1. The fourth-order valence-electron chi connectivity index (χ4n) is 3.97. The van der Waals surface area contributed by atoms with E-state index in [1.54, 1.807) is 24.4 Å². The molecular formula is C24H22N4O3. The maximum atomic E-state index is 13.3. The Morgan fingerprint density at radius 2 is 1.97 bits per heavy atom. The molecule has 0 saturated carbocycles. The van der Waals surface area contributed by atoms with Gasteiger partial charge in [-0.25, -0.2) is 9.97 Å². The quantitative estimate of drug-likeness (QED) is 0.534. The van der Waals surface area contributed by atoms with Crippen molar-refractivity contribution in [2.75, 3.05) is 13.7 Å². The molecule has 7 heteroatoms. The molecule has 0 saturated heterocycles. The number of hydrogen-bond donors (Lipinski definition) is 1. The van der Waals surface area contributed by atoms with Gasteiger partial charge in [0.25, 0.3) is 5.91 Å². The zero-order chi connectivity index (χ0) is 21.2. The number of hydrogen-bond acceptors (Lipinski definition) is 5. The van der Waals surface area contributed by atoms with Gasteiger partial charge in [-0.05, 0) is 11.6 Å². The van der Waals surface area contributed by atoms with Crippen LogP contribution in [0.4, 0.5) is 0 Å². The number of nitrogens with one attached hydrogen (secondary N) is 1.